The van der Waals surface area contributed by atoms with E-state index in [-0.39, 0.29) is 0 Å². The molecule has 0 atom stereocenters. The molecule has 0 unspecified atom stereocenters. The molecule has 0 saturated carbocycles. The summed E-state index contributed by atoms with van der Waals surface area (Å²) in [5.74, 6) is 0. The van der Waals surface area contributed by atoms with Gasteiger partial charge in [-0.05, 0) is 66.6 Å². The van der Waals surface area contributed by atoms with Crippen molar-refractivity contribution in [1.29, 1.82) is 0 Å². The number of benzene rings is 2. The van der Waals surface area contributed by atoms with E-state index >= 15 is 0 Å². The third kappa shape index (κ3) is 3.25. The predicted molar refractivity (Wildman–Crippen MR) is 103 cm³/mol. The summed E-state index contributed by atoms with van der Waals surface area (Å²) < 4.78 is 0. The van der Waals surface area contributed by atoms with Gasteiger partial charge < -0.3 is 0 Å². The molecule has 0 nitrogen and oxygen atoms in total. The molecule has 0 aliphatic carbocycles. The molecule has 3 aromatic rings. The SMILES string of the molecule is CCc1cc(C)cc(-c2ccc(-c3c(C)cccc3CC)s2)c1. The fraction of sp³-hybridized carbons (Fsp3) is 0.273. The maximum atomic E-state index is 2.33. The van der Waals surface area contributed by atoms with E-state index in [0.717, 1.165) is 12.8 Å². The van der Waals surface area contributed by atoms with Crippen LogP contribution in [0.15, 0.2) is 48.5 Å². The van der Waals surface area contributed by atoms with E-state index in [0.29, 0.717) is 0 Å². The quantitative estimate of drug-likeness (QED) is 0.494. The molecule has 0 saturated heterocycles. The van der Waals surface area contributed by atoms with Crippen molar-refractivity contribution in [1.82, 2.24) is 0 Å². The third-order valence-corrected chi connectivity index (χ3v) is 5.57. The summed E-state index contributed by atoms with van der Waals surface area (Å²) in [5.41, 5.74) is 8.35. The van der Waals surface area contributed by atoms with Crippen LogP contribution >= 0.6 is 11.3 Å². The molecule has 0 bridgehead atoms. The van der Waals surface area contributed by atoms with Crippen molar-refractivity contribution in [2.45, 2.75) is 40.5 Å². The highest BCUT2D eigenvalue weighted by atomic mass is 32.1. The second-order valence-corrected chi connectivity index (χ2v) is 7.27. The van der Waals surface area contributed by atoms with Crippen LogP contribution < -0.4 is 0 Å². The van der Waals surface area contributed by atoms with E-state index in [2.05, 4.69) is 76.2 Å². The van der Waals surface area contributed by atoms with E-state index in [1.807, 2.05) is 11.3 Å². The zero-order valence-electron chi connectivity index (χ0n) is 14.4. The minimum atomic E-state index is 1.08. The largest absolute Gasteiger partial charge is 0.135 e. The van der Waals surface area contributed by atoms with Crippen LogP contribution in [-0.2, 0) is 12.8 Å². The normalized spacial score (nSPS) is 11.0. The summed E-state index contributed by atoms with van der Waals surface area (Å²) in [6.07, 6.45) is 2.17. The monoisotopic (exact) mass is 320 g/mol. The molecule has 3 rings (SSSR count). The number of rotatable bonds is 4. The van der Waals surface area contributed by atoms with Crippen molar-refractivity contribution in [3.05, 3.63) is 70.8 Å². The lowest BCUT2D eigenvalue weighted by Gasteiger charge is -2.09. The number of thiophene rings is 1. The van der Waals surface area contributed by atoms with Crippen molar-refractivity contribution in [3.63, 3.8) is 0 Å². The smallest absolute Gasteiger partial charge is 0.0354 e. The lowest BCUT2D eigenvalue weighted by atomic mass is 9.99. The van der Waals surface area contributed by atoms with Crippen LogP contribution in [0.4, 0.5) is 0 Å². The van der Waals surface area contributed by atoms with E-state index < -0.39 is 0 Å². The molecule has 1 aromatic heterocycles. The van der Waals surface area contributed by atoms with E-state index in [1.165, 1.54) is 43.1 Å². The molecule has 0 fully saturated rings. The van der Waals surface area contributed by atoms with Crippen LogP contribution in [-0.4, -0.2) is 0 Å². The second kappa shape index (κ2) is 6.72. The van der Waals surface area contributed by atoms with Gasteiger partial charge in [-0.15, -0.1) is 11.3 Å². The van der Waals surface area contributed by atoms with Crippen LogP contribution in [0.2, 0.25) is 0 Å². The van der Waals surface area contributed by atoms with Crippen LogP contribution in [0.5, 0.6) is 0 Å². The minimum Gasteiger partial charge on any atom is -0.135 e. The Hall–Kier alpha value is -1.86. The topological polar surface area (TPSA) is 0 Å². The van der Waals surface area contributed by atoms with Gasteiger partial charge in [0.1, 0.15) is 0 Å². The Morgan fingerprint density at radius 3 is 2.35 bits per heavy atom. The van der Waals surface area contributed by atoms with Crippen molar-refractivity contribution in [3.8, 4) is 20.9 Å². The first-order chi connectivity index (χ1) is 11.1. The highest BCUT2D eigenvalue weighted by molar-refractivity contribution is 7.18. The Balaban J connectivity index is 2.07. The van der Waals surface area contributed by atoms with Gasteiger partial charge in [0.25, 0.3) is 0 Å². The van der Waals surface area contributed by atoms with Crippen molar-refractivity contribution in [2.75, 3.05) is 0 Å². The van der Waals surface area contributed by atoms with Gasteiger partial charge in [-0.25, -0.2) is 0 Å². The van der Waals surface area contributed by atoms with Crippen molar-refractivity contribution in [2.24, 2.45) is 0 Å². The molecule has 0 aliphatic heterocycles. The van der Waals surface area contributed by atoms with Gasteiger partial charge in [0.15, 0.2) is 0 Å². The van der Waals surface area contributed by atoms with E-state index in [4.69, 9.17) is 0 Å². The molecule has 0 spiro atoms. The zero-order chi connectivity index (χ0) is 16.4. The van der Waals surface area contributed by atoms with Crippen molar-refractivity contribution < 1.29 is 0 Å². The van der Waals surface area contributed by atoms with Crippen LogP contribution in [0.3, 0.4) is 0 Å². The number of aryl methyl sites for hydroxylation is 4. The van der Waals surface area contributed by atoms with Crippen LogP contribution in [0.25, 0.3) is 20.9 Å². The van der Waals surface area contributed by atoms with Gasteiger partial charge in [0.2, 0.25) is 0 Å². The van der Waals surface area contributed by atoms with Crippen LogP contribution in [0, 0.1) is 13.8 Å². The Labute approximate surface area is 143 Å². The fourth-order valence-corrected chi connectivity index (χ4v) is 4.35. The molecule has 1 heterocycles. The van der Waals surface area contributed by atoms with Gasteiger partial charge in [0, 0.05) is 9.75 Å². The Morgan fingerprint density at radius 2 is 1.61 bits per heavy atom. The predicted octanol–water partition coefficient (Wildman–Crippen LogP) is 6.82. The Kier molecular flexibility index (Phi) is 4.68. The van der Waals surface area contributed by atoms with Gasteiger partial charge in [-0.1, -0.05) is 55.8 Å². The summed E-state index contributed by atoms with van der Waals surface area (Å²) in [6.45, 7) is 8.86. The fourth-order valence-electron chi connectivity index (χ4n) is 3.21. The highest BCUT2D eigenvalue weighted by Crippen LogP contribution is 2.38. The van der Waals surface area contributed by atoms with Crippen LogP contribution in [0.1, 0.15) is 36.1 Å². The van der Waals surface area contributed by atoms with Gasteiger partial charge in [-0.2, -0.15) is 0 Å². The summed E-state index contributed by atoms with van der Waals surface area (Å²) in [4.78, 5) is 2.75. The van der Waals surface area contributed by atoms with Gasteiger partial charge >= 0.3 is 0 Å². The average molecular weight is 321 g/mol. The van der Waals surface area contributed by atoms with Gasteiger partial charge in [0.05, 0.1) is 0 Å². The summed E-state index contributed by atoms with van der Waals surface area (Å²) >= 11 is 1.91. The lowest BCUT2D eigenvalue weighted by molar-refractivity contribution is 1.13. The first kappa shape index (κ1) is 16.0. The average Bonchev–Trinajstić information content (AvgIpc) is 3.03. The highest BCUT2D eigenvalue weighted by Gasteiger charge is 2.11. The summed E-state index contributed by atoms with van der Waals surface area (Å²) in [7, 11) is 0. The first-order valence-electron chi connectivity index (χ1n) is 8.42. The number of hydrogen-bond donors (Lipinski definition) is 0. The maximum Gasteiger partial charge on any atom is 0.0354 e. The summed E-state index contributed by atoms with van der Waals surface area (Å²) in [6, 6.07) is 18.1. The molecule has 0 amide bonds. The van der Waals surface area contributed by atoms with Gasteiger partial charge in [-0.3, -0.25) is 0 Å². The standard InChI is InChI=1S/C22H24S/c1-5-17-12-15(3)13-19(14-17)20-10-11-21(23-20)22-16(4)8-7-9-18(22)6-2/h7-14H,5-6H2,1-4H3. The molecule has 118 valence electrons. The zero-order valence-corrected chi connectivity index (χ0v) is 15.3. The summed E-state index contributed by atoms with van der Waals surface area (Å²) in [5, 5.41) is 0. The van der Waals surface area contributed by atoms with Crippen molar-refractivity contribution >= 4 is 11.3 Å². The second-order valence-electron chi connectivity index (χ2n) is 6.19. The lowest BCUT2D eigenvalue weighted by Crippen LogP contribution is -1.88. The Morgan fingerprint density at radius 1 is 0.826 bits per heavy atom. The molecular formula is C22H24S. The molecule has 1 heteroatoms. The molecule has 0 N–H and O–H groups in total. The minimum absolute atomic E-state index is 1.08. The maximum absolute atomic E-state index is 2.33. The molecule has 0 aliphatic rings. The first-order valence-corrected chi connectivity index (χ1v) is 9.23. The molecule has 0 radical (unpaired) electrons. The Bertz CT molecular complexity index is 824. The van der Waals surface area contributed by atoms with E-state index in [9.17, 15) is 0 Å². The van der Waals surface area contributed by atoms with E-state index in [1.54, 1.807) is 0 Å². The number of hydrogen-bond acceptors (Lipinski definition) is 1. The third-order valence-electron chi connectivity index (χ3n) is 4.42. The molecular weight excluding hydrogens is 296 g/mol. The molecule has 23 heavy (non-hydrogen) atoms. The molecule has 2 aromatic carbocycles.